The smallest absolute Gasteiger partial charge is 0.306 e. The fraction of sp³-hybridized carbons (Fsp3) is 0.887. The fourth-order valence-electron chi connectivity index (χ4n) is 9.40. The number of likely N-dealkylation sites (N-methyl/N-ethyl adjacent to an activating group) is 1. The molecule has 0 aromatic rings. The summed E-state index contributed by atoms with van der Waals surface area (Å²) in [6.07, 6.45) is 63.7. The number of nitrogens with zero attached hydrogens (tertiary/aromatic N) is 1. The first kappa shape index (κ1) is 67.8. The number of unbranched alkanes of at least 4 members (excludes halogenated alkanes) is 38. The molecular formula is C62H117NO7. The minimum Gasteiger partial charge on any atom is -0.544 e. The van der Waals surface area contributed by atoms with Gasteiger partial charge in [-0.1, -0.05) is 263 Å². The molecule has 0 N–H and O–H groups in total. The van der Waals surface area contributed by atoms with Crippen LogP contribution in [0.25, 0.3) is 0 Å². The number of ether oxygens (including phenoxy) is 3. The number of carboxylic acids is 1. The third-order valence-corrected chi connectivity index (χ3v) is 14.1. The number of allylic oxidation sites excluding steroid dienone is 4. The molecule has 0 heterocycles. The monoisotopic (exact) mass is 988 g/mol. The van der Waals surface area contributed by atoms with Gasteiger partial charge in [0.2, 0.25) is 0 Å². The largest absolute Gasteiger partial charge is 0.544 e. The van der Waals surface area contributed by atoms with Crippen molar-refractivity contribution >= 4 is 17.9 Å². The molecule has 0 aliphatic rings. The maximum absolute atomic E-state index is 12.8. The Labute approximate surface area is 434 Å². The molecule has 0 rings (SSSR count). The molecule has 8 nitrogen and oxygen atoms in total. The highest BCUT2D eigenvalue weighted by molar-refractivity contribution is 5.70. The van der Waals surface area contributed by atoms with Crippen LogP contribution in [0.4, 0.5) is 0 Å². The number of carboxylic acid groups (broad SMARTS) is 1. The summed E-state index contributed by atoms with van der Waals surface area (Å²) >= 11 is 0. The van der Waals surface area contributed by atoms with E-state index >= 15 is 0 Å². The molecule has 0 amide bonds. The first-order valence-electron chi connectivity index (χ1n) is 30.4. The van der Waals surface area contributed by atoms with Crippen LogP contribution in [0.3, 0.4) is 0 Å². The predicted octanol–water partition coefficient (Wildman–Crippen LogP) is 17.0. The molecule has 0 spiro atoms. The molecule has 2 unspecified atom stereocenters. The number of aliphatic carboxylic acids is 1. The maximum Gasteiger partial charge on any atom is 0.306 e. The Kier molecular flexibility index (Phi) is 51.5. The van der Waals surface area contributed by atoms with Gasteiger partial charge in [0.1, 0.15) is 12.6 Å². The predicted molar refractivity (Wildman–Crippen MR) is 296 cm³/mol. The second kappa shape index (κ2) is 53.1. The first-order chi connectivity index (χ1) is 34.1. The molecule has 8 heteroatoms. The summed E-state index contributed by atoms with van der Waals surface area (Å²) in [5.41, 5.74) is 0. The van der Waals surface area contributed by atoms with Crippen molar-refractivity contribution in [3.63, 3.8) is 0 Å². The van der Waals surface area contributed by atoms with Crippen LogP contribution < -0.4 is 5.11 Å². The summed E-state index contributed by atoms with van der Waals surface area (Å²) in [6, 6.07) is -0.726. The van der Waals surface area contributed by atoms with E-state index in [1.165, 1.54) is 218 Å². The Hall–Kier alpha value is -2.19. The van der Waals surface area contributed by atoms with Gasteiger partial charge in [-0.25, -0.2) is 0 Å². The lowest BCUT2D eigenvalue weighted by atomic mass is 10.0. The third-order valence-electron chi connectivity index (χ3n) is 14.1. The van der Waals surface area contributed by atoms with Gasteiger partial charge in [0.15, 0.2) is 6.10 Å². The lowest BCUT2D eigenvalue weighted by Gasteiger charge is -2.34. The topological polar surface area (TPSA) is 102 Å². The van der Waals surface area contributed by atoms with Gasteiger partial charge in [0.25, 0.3) is 0 Å². The SMILES string of the molecule is CCCCCCCCCCC/C=C/C/C=C/CCCCCCCCCC(=O)OCC(COCCC(C(=O)[O-])[N+](C)(C)C)OC(=O)CCCCCCCCCCCCCCCCCCCCCCCCC. The van der Waals surface area contributed by atoms with Gasteiger partial charge in [-0.05, 0) is 44.9 Å². The van der Waals surface area contributed by atoms with Crippen LogP contribution in [0.5, 0.6) is 0 Å². The van der Waals surface area contributed by atoms with E-state index in [9.17, 15) is 19.5 Å². The van der Waals surface area contributed by atoms with Gasteiger partial charge < -0.3 is 28.6 Å². The van der Waals surface area contributed by atoms with Crippen molar-refractivity contribution in [1.29, 1.82) is 0 Å². The number of hydrogen-bond acceptors (Lipinski definition) is 7. The van der Waals surface area contributed by atoms with Crippen LogP contribution in [0, 0.1) is 0 Å². The average molecular weight is 989 g/mol. The third kappa shape index (κ3) is 50.7. The molecule has 0 aromatic carbocycles. The summed E-state index contributed by atoms with van der Waals surface area (Å²) in [5, 5.41) is 11.7. The number of carbonyl (C=O) groups is 3. The van der Waals surface area contributed by atoms with E-state index in [1.807, 2.05) is 21.1 Å². The van der Waals surface area contributed by atoms with Crippen LogP contribution in [-0.2, 0) is 28.6 Å². The quantitative estimate of drug-likeness (QED) is 0.0259. The molecule has 0 saturated heterocycles. The van der Waals surface area contributed by atoms with Gasteiger partial charge in [0, 0.05) is 19.3 Å². The van der Waals surface area contributed by atoms with Crippen molar-refractivity contribution in [3.05, 3.63) is 24.3 Å². The number of rotatable bonds is 56. The minimum absolute atomic E-state index is 0.0433. The molecule has 0 saturated carbocycles. The zero-order valence-corrected chi connectivity index (χ0v) is 47.2. The number of esters is 2. The van der Waals surface area contributed by atoms with Crippen molar-refractivity contribution in [1.82, 2.24) is 0 Å². The summed E-state index contributed by atoms with van der Waals surface area (Å²) < 4.78 is 17.3. The summed E-state index contributed by atoms with van der Waals surface area (Å²) in [7, 11) is 5.43. The maximum atomic E-state index is 12.8. The standard InChI is InChI=1S/C62H117NO7/c1-6-8-10-12-14-16-18-20-22-24-26-28-30-32-34-36-38-40-42-44-46-48-50-52-60(64)69-57-58(56-68-55-54-59(62(66)67)63(3,4)5)70-61(65)53-51-49-47-45-43-41-39-37-35-33-31-29-27-25-23-21-19-17-15-13-11-9-7-2/h26,28,32,34,58-59H,6-25,27,29-31,33,35-57H2,1-5H3/b28-26+,34-32+. The van der Waals surface area contributed by atoms with Gasteiger partial charge in [0.05, 0.1) is 40.3 Å². The molecular weight excluding hydrogens is 871 g/mol. The summed E-state index contributed by atoms with van der Waals surface area (Å²) in [5.74, 6) is -1.72. The van der Waals surface area contributed by atoms with E-state index in [4.69, 9.17) is 14.2 Å². The number of quaternary nitrogens is 1. The van der Waals surface area contributed by atoms with Crippen LogP contribution in [0.2, 0.25) is 0 Å². The highest BCUT2D eigenvalue weighted by Crippen LogP contribution is 2.18. The molecule has 0 radical (unpaired) electrons. The lowest BCUT2D eigenvalue weighted by Crippen LogP contribution is -2.55. The van der Waals surface area contributed by atoms with E-state index < -0.39 is 18.1 Å². The van der Waals surface area contributed by atoms with Crippen LogP contribution in [-0.4, -0.2) is 75.5 Å². The molecule has 2 atom stereocenters. The summed E-state index contributed by atoms with van der Waals surface area (Å²) in [6.45, 7) is 4.72. The van der Waals surface area contributed by atoms with Crippen LogP contribution in [0.1, 0.15) is 303 Å². The van der Waals surface area contributed by atoms with Crippen LogP contribution in [0.15, 0.2) is 24.3 Å². The van der Waals surface area contributed by atoms with Crippen molar-refractivity contribution < 1.29 is 38.2 Å². The molecule has 0 aromatic heterocycles. The Morgan fingerprint density at radius 3 is 1.10 bits per heavy atom. The first-order valence-corrected chi connectivity index (χ1v) is 30.4. The minimum atomic E-state index is -1.12. The Morgan fingerprint density at radius 2 is 0.757 bits per heavy atom. The van der Waals surface area contributed by atoms with Crippen molar-refractivity contribution in [2.75, 3.05) is 41.0 Å². The Morgan fingerprint density at radius 1 is 0.429 bits per heavy atom. The van der Waals surface area contributed by atoms with Crippen molar-refractivity contribution in [2.24, 2.45) is 0 Å². The summed E-state index contributed by atoms with van der Waals surface area (Å²) in [4.78, 5) is 37.2. The number of hydrogen-bond donors (Lipinski definition) is 0. The van der Waals surface area contributed by atoms with Crippen molar-refractivity contribution in [2.45, 2.75) is 315 Å². The Bertz CT molecular complexity index is 1200. The van der Waals surface area contributed by atoms with Gasteiger partial charge in [-0.2, -0.15) is 0 Å². The second-order valence-corrected chi connectivity index (χ2v) is 21.9. The highest BCUT2D eigenvalue weighted by Gasteiger charge is 2.25. The highest BCUT2D eigenvalue weighted by atomic mass is 16.6. The molecule has 0 fully saturated rings. The van der Waals surface area contributed by atoms with E-state index in [1.54, 1.807) is 0 Å². The molecule has 412 valence electrons. The van der Waals surface area contributed by atoms with E-state index in [0.29, 0.717) is 12.8 Å². The van der Waals surface area contributed by atoms with E-state index in [2.05, 4.69) is 38.2 Å². The van der Waals surface area contributed by atoms with Gasteiger partial charge in [-0.15, -0.1) is 0 Å². The van der Waals surface area contributed by atoms with E-state index in [-0.39, 0.29) is 42.7 Å². The zero-order chi connectivity index (χ0) is 51.3. The second-order valence-electron chi connectivity index (χ2n) is 21.9. The van der Waals surface area contributed by atoms with Gasteiger partial charge in [-0.3, -0.25) is 9.59 Å². The number of carbonyl (C=O) groups excluding carboxylic acids is 3. The normalized spacial score (nSPS) is 12.9. The average Bonchev–Trinajstić information content (AvgIpc) is 3.33. The van der Waals surface area contributed by atoms with Crippen molar-refractivity contribution in [3.8, 4) is 0 Å². The molecule has 0 aliphatic heterocycles. The molecule has 0 bridgehead atoms. The molecule has 0 aliphatic carbocycles. The lowest BCUT2D eigenvalue weighted by molar-refractivity contribution is -0.889. The Balaban J connectivity index is 4.12. The van der Waals surface area contributed by atoms with Crippen LogP contribution >= 0.6 is 0 Å². The van der Waals surface area contributed by atoms with E-state index in [0.717, 1.165) is 51.4 Å². The molecule has 70 heavy (non-hydrogen) atoms. The zero-order valence-electron chi connectivity index (χ0n) is 47.2. The fourth-order valence-corrected chi connectivity index (χ4v) is 9.40. The van der Waals surface area contributed by atoms with Gasteiger partial charge >= 0.3 is 11.9 Å².